The fourth-order valence-corrected chi connectivity index (χ4v) is 1.11. The highest BCUT2D eigenvalue weighted by Gasteiger charge is 2.32. The van der Waals surface area contributed by atoms with Gasteiger partial charge in [-0.15, -0.1) is 0 Å². The van der Waals surface area contributed by atoms with E-state index < -0.39 is 11.7 Å². The van der Waals surface area contributed by atoms with Crippen LogP contribution in [0.15, 0.2) is 24.3 Å². The van der Waals surface area contributed by atoms with Crippen LogP contribution >= 0.6 is 0 Å². The number of rotatable bonds is 2. The topological polar surface area (TPSA) is 26.0 Å². The van der Waals surface area contributed by atoms with Crippen molar-refractivity contribution in [3.05, 3.63) is 35.4 Å². The molecule has 2 N–H and O–H groups in total. The second-order valence-electron chi connectivity index (χ2n) is 3.30. The van der Waals surface area contributed by atoms with Crippen molar-refractivity contribution >= 4 is 0 Å². The predicted molar refractivity (Wildman–Crippen MR) is 60.2 cm³/mol. The van der Waals surface area contributed by atoms with Gasteiger partial charge in [-0.05, 0) is 31.0 Å². The molecular formula is C12H18F3N. The van der Waals surface area contributed by atoms with E-state index in [0.717, 1.165) is 19.0 Å². The highest BCUT2D eigenvalue weighted by molar-refractivity contribution is 5.29. The van der Waals surface area contributed by atoms with Crippen LogP contribution in [0.25, 0.3) is 0 Å². The molecule has 0 aliphatic carbocycles. The molecule has 0 saturated carbocycles. The SMILES string of the molecule is CCCN.CCc1ccccc1C(F)(F)F. The second kappa shape index (κ2) is 7.28. The van der Waals surface area contributed by atoms with Gasteiger partial charge in [-0.1, -0.05) is 32.0 Å². The molecule has 1 rings (SSSR count). The van der Waals surface area contributed by atoms with Gasteiger partial charge in [-0.2, -0.15) is 13.2 Å². The van der Waals surface area contributed by atoms with E-state index in [2.05, 4.69) is 6.92 Å². The van der Waals surface area contributed by atoms with Crippen LogP contribution in [0, 0.1) is 0 Å². The molecule has 1 aromatic carbocycles. The van der Waals surface area contributed by atoms with Crippen LogP contribution in [0.4, 0.5) is 13.2 Å². The van der Waals surface area contributed by atoms with Crippen molar-refractivity contribution < 1.29 is 13.2 Å². The maximum Gasteiger partial charge on any atom is 0.416 e. The first-order chi connectivity index (χ1) is 7.47. The van der Waals surface area contributed by atoms with Crippen molar-refractivity contribution in [3.8, 4) is 0 Å². The molecular weight excluding hydrogens is 215 g/mol. The summed E-state index contributed by atoms with van der Waals surface area (Å²) in [4.78, 5) is 0. The van der Waals surface area contributed by atoms with Gasteiger partial charge in [0.15, 0.2) is 0 Å². The Hall–Kier alpha value is -1.03. The van der Waals surface area contributed by atoms with E-state index in [4.69, 9.17) is 5.73 Å². The van der Waals surface area contributed by atoms with E-state index in [1.165, 1.54) is 12.1 Å². The Balaban J connectivity index is 0.000000487. The Kier molecular flexibility index (Phi) is 6.81. The first-order valence-corrected chi connectivity index (χ1v) is 5.32. The lowest BCUT2D eigenvalue weighted by Gasteiger charge is -2.10. The second-order valence-corrected chi connectivity index (χ2v) is 3.30. The Bertz CT molecular complexity index is 293. The minimum absolute atomic E-state index is 0.352. The average Bonchev–Trinajstić information content (AvgIpc) is 2.28. The minimum atomic E-state index is -4.22. The standard InChI is InChI=1S/C9H9F3.C3H9N/c1-2-7-5-3-4-6-8(7)9(10,11)12;1-2-3-4/h3-6H,2H2,1H3;2-4H2,1H3. The Morgan fingerprint density at radius 1 is 1.12 bits per heavy atom. The molecule has 0 saturated heterocycles. The Morgan fingerprint density at radius 2 is 1.62 bits per heavy atom. The van der Waals surface area contributed by atoms with Crippen LogP contribution in [-0.4, -0.2) is 6.54 Å². The Morgan fingerprint density at radius 3 is 1.94 bits per heavy atom. The molecule has 0 aliphatic heterocycles. The Labute approximate surface area is 94.5 Å². The summed E-state index contributed by atoms with van der Waals surface area (Å²) in [5.41, 5.74) is 4.86. The third kappa shape index (κ3) is 5.16. The molecule has 16 heavy (non-hydrogen) atoms. The summed E-state index contributed by atoms with van der Waals surface area (Å²) >= 11 is 0. The summed E-state index contributed by atoms with van der Waals surface area (Å²) in [6.07, 6.45) is -2.71. The number of aryl methyl sites for hydroxylation is 1. The molecule has 4 heteroatoms. The number of benzene rings is 1. The van der Waals surface area contributed by atoms with Gasteiger partial charge < -0.3 is 5.73 Å². The van der Waals surface area contributed by atoms with Gasteiger partial charge in [-0.25, -0.2) is 0 Å². The van der Waals surface area contributed by atoms with Gasteiger partial charge in [0.25, 0.3) is 0 Å². The van der Waals surface area contributed by atoms with Crippen molar-refractivity contribution in [2.45, 2.75) is 32.9 Å². The molecule has 0 aromatic heterocycles. The first kappa shape index (κ1) is 15.0. The van der Waals surface area contributed by atoms with Crippen molar-refractivity contribution in [2.24, 2.45) is 5.73 Å². The molecule has 0 radical (unpaired) electrons. The van der Waals surface area contributed by atoms with E-state index >= 15 is 0 Å². The number of hydrogen-bond acceptors (Lipinski definition) is 1. The maximum absolute atomic E-state index is 12.2. The molecule has 0 bridgehead atoms. The van der Waals surface area contributed by atoms with Gasteiger partial charge in [-0.3, -0.25) is 0 Å². The fraction of sp³-hybridized carbons (Fsp3) is 0.500. The zero-order valence-electron chi connectivity index (χ0n) is 9.64. The summed E-state index contributed by atoms with van der Waals surface area (Å²) in [7, 11) is 0. The van der Waals surface area contributed by atoms with Crippen LogP contribution < -0.4 is 5.73 Å². The fourth-order valence-electron chi connectivity index (χ4n) is 1.11. The van der Waals surface area contributed by atoms with E-state index in [9.17, 15) is 13.2 Å². The monoisotopic (exact) mass is 233 g/mol. The van der Waals surface area contributed by atoms with E-state index in [-0.39, 0.29) is 0 Å². The van der Waals surface area contributed by atoms with Gasteiger partial charge in [0.1, 0.15) is 0 Å². The summed E-state index contributed by atoms with van der Waals surface area (Å²) in [5, 5.41) is 0. The van der Waals surface area contributed by atoms with Gasteiger partial charge >= 0.3 is 6.18 Å². The van der Waals surface area contributed by atoms with Crippen molar-refractivity contribution in [3.63, 3.8) is 0 Å². The van der Waals surface area contributed by atoms with E-state index in [0.29, 0.717) is 12.0 Å². The molecule has 0 fully saturated rings. The largest absolute Gasteiger partial charge is 0.416 e. The van der Waals surface area contributed by atoms with Crippen LogP contribution in [0.1, 0.15) is 31.4 Å². The van der Waals surface area contributed by atoms with Gasteiger partial charge in [0.2, 0.25) is 0 Å². The summed E-state index contributed by atoms with van der Waals surface area (Å²) in [6.45, 7) is 4.59. The van der Waals surface area contributed by atoms with Crippen LogP contribution in [0.5, 0.6) is 0 Å². The third-order valence-corrected chi connectivity index (χ3v) is 1.99. The molecule has 0 aliphatic rings. The highest BCUT2D eigenvalue weighted by Crippen LogP contribution is 2.31. The zero-order valence-corrected chi connectivity index (χ0v) is 9.64. The number of hydrogen-bond donors (Lipinski definition) is 1. The van der Waals surface area contributed by atoms with Crippen molar-refractivity contribution in [1.82, 2.24) is 0 Å². The number of alkyl halides is 3. The van der Waals surface area contributed by atoms with Crippen molar-refractivity contribution in [2.75, 3.05) is 6.54 Å². The lowest BCUT2D eigenvalue weighted by molar-refractivity contribution is -0.138. The minimum Gasteiger partial charge on any atom is -0.330 e. The first-order valence-electron chi connectivity index (χ1n) is 5.32. The molecule has 0 unspecified atom stereocenters. The molecule has 1 nitrogen and oxygen atoms in total. The van der Waals surface area contributed by atoms with E-state index in [1.54, 1.807) is 13.0 Å². The quantitative estimate of drug-likeness (QED) is 0.829. The van der Waals surface area contributed by atoms with Crippen molar-refractivity contribution in [1.29, 1.82) is 0 Å². The third-order valence-electron chi connectivity index (χ3n) is 1.99. The van der Waals surface area contributed by atoms with Crippen LogP contribution in [0.3, 0.4) is 0 Å². The average molecular weight is 233 g/mol. The number of halogens is 3. The molecule has 1 aromatic rings. The zero-order chi connectivity index (χ0) is 12.6. The normalized spacial score (nSPS) is 10.6. The number of nitrogens with two attached hydrogens (primary N) is 1. The molecule has 0 atom stereocenters. The molecule has 0 spiro atoms. The molecule has 0 heterocycles. The molecule has 0 amide bonds. The summed E-state index contributed by atoms with van der Waals surface area (Å²) in [5.74, 6) is 0. The van der Waals surface area contributed by atoms with Crippen LogP contribution in [0.2, 0.25) is 0 Å². The predicted octanol–water partition coefficient (Wildman–Crippen LogP) is 3.62. The highest BCUT2D eigenvalue weighted by atomic mass is 19.4. The summed E-state index contributed by atoms with van der Waals surface area (Å²) < 4.78 is 36.7. The van der Waals surface area contributed by atoms with Crippen LogP contribution in [-0.2, 0) is 12.6 Å². The van der Waals surface area contributed by atoms with Gasteiger partial charge in [0, 0.05) is 0 Å². The summed E-state index contributed by atoms with van der Waals surface area (Å²) in [6, 6.07) is 5.64. The van der Waals surface area contributed by atoms with E-state index in [1.807, 2.05) is 0 Å². The smallest absolute Gasteiger partial charge is 0.330 e. The lowest BCUT2D eigenvalue weighted by Crippen LogP contribution is -2.08. The molecule has 92 valence electrons. The van der Waals surface area contributed by atoms with Gasteiger partial charge in [0.05, 0.1) is 5.56 Å². The lowest BCUT2D eigenvalue weighted by atomic mass is 10.1. The maximum atomic E-state index is 12.2.